The number of piperidine rings is 1. The Morgan fingerprint density at radius 2 is 1.77 bits per heavy atom. The smallest absolute Gasteiger partial charge is 0.270 e. The summed E-state index contributed by atoms with van der Waals surface area (Å²) in [6.45, 7) is 5.12. The number of nitrogens with one attached hydrogen (secondary N) is 1. The number of aromatic amines is 1. The van der Waals surface area contributed by atoms with Crippen LogP contribution in [0.1, 0.15) is 48.2 Å². The lowest BCUT2D eigenvalue weighted by Crippen LogP contribution is -2.31. The molecule has 3 aromatic heterocycles. The van der Waals surface area contributed by atoms with Crippen LogP contribution in [0, 0.1) is 0 Å². The SMILES string of the molecule is O=c1[nH]c2cc3nc(-c4ccc(C5=CCCO5)s4)n(CCCN4CCCCC4)c3cc2nc1Cc1ccccc1. The maximum absolute atomic E-state index is 12.9. The van der Waals surface area contributed by atoms with Crippen LogP contribution in [0.4, 0.5) is 0 Å². The molecule has 1 saturated heterocycles. The Kier molecular flexibility index (Phi) is 6.95. The lowest BCUT2D eigenvalue weighted by Gasteiger charge is -2.26. The first-order valence-electron chi connectivity index (χ1n) is 14.3. The largest absolute Gasteiger partial charge is 0.492 e. The van der Waals surface area contributed by atoms with Gasteiger partial charge in [0.2, 0.25) is 0 Å². The fraction of sp³-hybridized carbons (Fsp3) is 0.344. The Morgan fingerprint density at radius 1 is 0.925 bits per heavy atom. The van der Waals surface area contributed by atoms with Crippen molar-refractivity contribution in [2.24, 2.45) is 0 Å². The Morgan fingerprint density at radius 3 is 2.60 bits per heavy atom. The minimum absolute atomic E-state index is 0.148. The van der Waals surface area contributed by atoms with E-state index in [1.807, 2.05) is 36.4 Å². The summed E-state index contributed by atoms with van der Waals surface area (Å²) < 4.78 is 8.17. The van der Waals surface area contributed by atoms with Gasteiger partial charge in [0.1, 0.15) is 11.5 Å². The van der Waals surface area contributed by atoms with E-state index >= 15 is 0 Å². The first-order chi connectivity index (χ1) is 19.7. The minimum Gasteiger partial charge on any atom is -0.492 e. The molecule has 2 aliphatic rings. The summed E-state index contributed by atoms with van der Waals surface area (Å²) in [6, 6.07) is 18.4. The molecule has 40 heavy (non-hydrogen) atoms. The van der Waals surface area contributed by atoms with Gasteiger partial charge >= 0.3 is 0 Å². The van der Waals surface area contributed by atoms with E-state index in [0.717, 1.165) is 81.5 Å². The molecule has 7 nitrogen and oxygen atoms in total. The van der Waals surface area contributed by atoms with E-state index in [9.17, 15) is 4.79 Å². The molecule has 0 aliphatic carbocycles. The molecule has 5 aromatic rings. The summed E-state index contributed by atoms with van der Waals surface area (Å²) >= 11 is 1.72. The van der Waals surface area contributed by atoms with E-state index in [2.05, 4.69) is 38.7 Å². The molecule has 2 aromatic carbocycles. The van der Waals surface area contributed by atoms with Crippen molar-refractivity contribution >= 4 is 39.2 Å². The highest BCUT2D eigenvalue weighted by Crippen LogP contribution is 2.36. The van der Waals surface area contributed by atoms with E-state index in [1.54, 1.807) is 11.3 Å². The molecule has 2 aliphatic heterocycles. The number of rotatable bonds is 8. The van der Waals surface area contributed by atoms with Crippen molar-refractivity contribution in [2.45, 2.75) is 45.1 Å². The molecule has 1 fully saturated rings. The second-order valence-corrected chi connectivity index (χ2v) is 11.8. The number of hydrogen-bond donors (Lipinski definition) is 1. The van der Waals surface area contributed by atoms with Gasteiger partial charge in [0.15, 0.2) is 5.82 Å². The van der Waals surface area contributed by atoms with Gasteiger partial charge in [-0.2, -0.15) is 0 Å². The van der Waals surface area contributed by atoms with Crippen molar-refractivity contribution in [1.29, 1.82) is 0 Å². The van der Waals surface area contributed by atoms with Crippen molar-refractivity contribution in [3.63, 3.8) is 0 Å². The van der Waals surface area contributed by atoms with E-state index in [-0.39, 0.29) is 5.56 Å². The molecule has 0 saturated carbocycles. The third kappa shape index (κ3) is 5.09. The van der Waals surface area contributed by atoms with Gasteiger partial charge in [-0.1, -0.05) is 36.8 Å². The van der Waals surface area contributed by atoms with E-state index in [0.29, 0.717) is 12.1 Å². The van der Waals surface area contributed by atoms with E-state index in [1.165, 1.54) is 32.4 Å². The van der Waals surface area contributed by atoms with Gasteiger partial charge < -0.3 is 19.2 Å². The average Bonchev–Trinajstić information content (AvgIpc) is 3.74. The monoisotopic (exact) mass is 551 g/mol. The molecular weight excluding hydrogens is 518 g/mol. The Bertz CT molecular complexity index is 1740. The van der Waals surface area contributed by atoms with Crippen molar-refractivity contribution in [3.05, 3.63) is 87.2 Å². The third-order valence-electron chi connectivity index (χ3n) is 7.92. The van der Waals surface area contributed by atoms with Crippen molar-refractivity contribution in [2.75, 3.05) is 26.2 Å². The number of likely N-dealkylation sites (tertiary alicyclic amines) is 1. The molecule has 7 rings (SSSR count). The number of fused-ring (bicyclic) bond motifs is 2. The van der Waals surface area contributed by atoms with Gasteiger partial charge in [-0.3, -0.25) is 4.79 Å². The number of benzene rings is 2. The summed E-state index contributed by atoms with van der Waals surface area (Å²) in [4.78, 5) is 30.8. The third-order valence-corrected chi connectivity index (χ3v) is 9.02. The normalized spacial score (nSPS) is 16.1. The van der Waals surface area contributed by atoms with Crippen LogP contribution in [-0.4, -0.2) is 50.7 Å². The van der Waals surface area contributed by atoms with Crippen LogP contribution in [-0.2, 0) is 17.7 Å². The average molecular weight is 552 g/mol. The number of ether oxygens (including phenoxy) is 1. The van der Waals surface area contributed by atoms with Gasteiger partial charge in [0, 0.05) is 19.4 Å². The van der Waals surface area contributed by atoms with Crippen LogP contribution in [0.3, 0.4) is 0 Å². The second kappa shape index (κ2) is 11.0. The molecule has 0 atom stereocenters. The van der Waals surface area contributed by atoms with E-state index in [4.69, 9.17) is 14.7 Å². The summed E-state index contributed by atoms with van der Waals surface area (Å²) in [5.41, 5.74) is 4.89. The Hall–Kier alpha value is -3.75. The molecule has 0 bridgehead atoms. The maximum atomic E-state index is 12.9. The first-order valence-corrected chi connectivity index (χ1v) is 15.2. The summed E-state index contributed by atoms with van der Waals surface area (Å²) in [7, 11) is 0. The fourth-order valence-corrected chi connectivity index (χ4v) is 6.88. The molecule has 204 valence electrons. The highest BCUT2D eigenvalue weighted by molar-refractivity contribution is 7.16. The molecule has 0 spiro atoms. The number of aromatic nitrogens is 4. The zero-order chi connectivity index (χ0) is 26.9. The highest BCUT2D eigenvalue weighted by Gasteiger charge is 2.19. The number of thiophene rings is 1. The standard InChI is InChI=1S/C32H33N5O2S/c38-32-26(19-22-9-3-1-4-10-22)33-24-21-27-25(20-23(24)35-32)34-31(30-13-12-29(40-30)28-11-7-18-39-28)37(27)17-8-16-36-14-5-2-6-15-36/h1,3-4,9-13,20-21H,2,5-8,14-19H2,(H,35,38). The lowest BCUT2D eigenvalue weighted by atomic mass is 10.1. The van der Waals surface area contributed by atoms with Crippen LogP contribution in [0.5, 0.6) is 0 Å². The quantitative estimate of drug-likeness (QED) is 0.247. The van der Waals surface area contributed by atoms with Gasteiger partial charge in [-0.25, -0.2) is 9.97 Å². The van der Waals surface area contributed by atoms with E-state index < -0.39 is 0 Å². The van der Waals surface area contributed by atoms with Crippen molar-refractivity contribution in [3.8, 4) is 10.7 Å². The molecule has 5 heterocycles. The fourth-order valence-electron chi connectivity index (χ4n) is 5.88. The first kappa shape index (κ1) is 25.2. The van der Waals surface area contributed by atoms with Crippen LogP contribution in [0.25, 0.3) is 38.5 Å². The van der Waals surface area contributed by atoms with Crippen molar-refractivity contribution < 1.29 is 4.74 Å². The van der Waals surface area contributed by atoms with Gasteiger partial charge in [0.05, 0.1) is 38.4 Å². The molecule has 0 unspecified atom stereocenters. The van der Waals surface area contributed by atoms with Gasteiger partial charge in [0.25, 0.3) is 5.56 Å². The van der Waals surface area contributed by atoms with Crippen LogP contribution in [0.2, 0.25) is 0 Å². The number of H-pyrrole nitrogens is 1. The molecule has 0 amide bonds. The molecule has 1 N–H and O–H groups in total. The van der Waals surface area contributed by atoms with Gasteiger partial charge in [-0.15, -0.1) is 11.3 Å². The molecule has 0 radical (unpaired) electrons. The topological polar surface area (TPSA) is 76.0 Å². The maximum Gasteiger partial charge on any atom is 0.270 e. The molecule has 8 heteroatoms. The zero-order valence-electron chi connectivity index (χ0n) is 22.6. The predicted molar refractivity (Wildman–Crippen MR) is 162 cm³/mol. The van der Waals surface area contributed by atoms with Crippen LogP contribution < -0.4 is 5.56 Å². The number of aryl methyl sites for hydroxylation is 1. The minimum atomic E-state index is -0.148. The number of hydrogen-bond acceptors (Lipinski definition) is 6. The van der Waals surface area contributed by atoms with Crippen molar-refractivity contribution in [1.82, 2.24) is 24.4 Å². The molecular formula is C32H33N5O2S. The zero-order valence-corrected chi connectivity index (χ0v) is 23.4. The van der Waals surface area contributed by atoms with Crippen LogP contribution in [0.15, 0.2) is 65.5 Å². The predicted octanol–water partition coefficient (Wildman–Crippen LogP) is 6.23. The Labute approximate surface area is 237 Å². The number of imidazole rings is 1. The summed E-state index contributed by atoms with van der Waals surface area (Å²) in [6.07, 6.45) is 8.64. The highest BCUT2D eigenvalue weighted by atomic mass is 32.1. The summed E-state index contributed by atoms with van der Waals surface area (Å²) in [5, 5.41) is 0. The lowest BCUT2D eigenvalue weighted by molar-refractivity contribution is 0.223. The van der Waals surface area contributed by atoms with Gasteiger partial charge in [-0.05, 0) is 74.8 Å². The Balaban J connectivity index is 1.28. The summed E-state index contributed by atoms with van der Waals surface area (Å²) in [5.74, 6) is 1.94. The number of nitrogens with zero attached hydrogens (tertiary/aromatic N) is 4. The second-order valence-electron chi connectivity index (χ2n) is 10.7. The van der Waals surface area contributed by atoms with Crippen LogP contribution >= 0.6 is 11.3 Å².